The van der Waals surface area contributed by atoms with E-state index in [9.17, 15) is 14.7 Å². The molecule has 106 valence electrons. The summed E-state index contributed by atoms with van der Waals surface area (Å²) in [6.07, 6.45) is 3.11. The summed E-state index contributed by atoms with van der Waals surface area (Å²) in [4.78, 5) is 25.6. The predicted octanol–water partition coefficient (Wildman–Crippen LogP) is 2.46. The maximum absolute atomic E-state index is 12.2. The van der Waals surface area contributed by atoms with Gasteiger partial charge in [-0.1, -0.05) is 30.3 Å². The molecule has 1 aliphatic heterocycles. The number of rotatable bonds is 4. The van der Waals surface area contributed by atoms with Crippen molar-refractivity contribution >= 4 is 11.9 Å². The molecule has 0 bridgehead atoms. The minimum atomic E-state index is -0.799. The molecule has 1 aromatic rings. The summed E-state index contributed by atoms with van der Waals surface area (Å²) >= 11 is 0. The molecule has 2 aliphatic rings. The van der Waals surface area contributed by atoms with E-state index in [1.54, 1.807) is 0 Å². The van der Waals surface area contributed by atoms with Gasteiger partial charge in [0.15, 0.2) is 0 Å². The second-order valence-electron chi connectivity index (χ2n) is 5.83. The van der Waals surface area contributed by atoms with Crippen LogP contribution in [0.1, 0.15) is 37.3 Å². The molecule has 1 saturated heterocycles. The predicted molar refractivity (Wildman–Crippen MR) is 74.0 cm³/mol. The number of likely N-dealkylation sites (tertiary alicyclic amines) is 1. The van der Waals surface area contributed by atoms with Gasteiger partial charge in [-0.25, -0.2) is 0 Å². The van der Waals surface area contributed by atoms with Gasteiger partial charge < -0.3 is 10.0 Å². The van der Waals surface area contributed by atoms with Gasteiger partial charge in [-0.15, -0.1) is 0 Å². The molecule has 2 atom stereocenters. The van der Waals surface area contributed by atoms with E-state index < -0.39 is 11.9 Å². The van der Waals surface area contributed by atoms with Crippen LogP contribution >= 0.6 is 0 Å². The summed E-state index contributed by atoms with van der Waals surface area (Å²) in [6, 6.07) is 9.27. The summed E-state index contributed by atoms with van der Waals surface area (Å²) in [7, 11) is 0. The number of benzene rings is 1. The number of hydrogen-bond acceptors (Lipinski definition) is 2. The zero-order valence-corrected chi connectivity index (χ0v) is 11.4. The monoisotopic (exact) mass is 273 g/mol. The first-order valence-corrected chi connectivity index (χ1v) is 7.24. The van der Waals surface area contributed by atoms with Crippen LogP contribution in [0.15, 0.2) is 30.3 Å². The number of hydrogen-bond donors (Lipinski definition) is 1. The summed E-state index contributed by atoms with van der Waals surface area (Å²) in [5.74, 6) is -0.623. The Labute approximate surface area is 118 Å². The molecule has 3 rings (SSSR count). The van der Waals surface area contributed by atoms with Crippen molar-refractivity contribution in [2.24, 2.45) is 11.8 Å². The highest BCUT2D eigenvalue weighted by atomic mass is 16.4. The number of amides is 1. The molecule has 2 fully saturated rings. The Morgan fingerprint density at radius 2 is 1.90 bits per heavy atom. The molecule has 0 aromatic heterocycles. The Balaban J connectivity index is 1.94. The SMILES string of the molecule is O=C(O)[C@H]1CCC(=O)N(CC2CC2)[C@H]1c1ccccc1. The first-order chi connectivity index (χ1) is 9.66. The number of aliphatic carboxylic acids is 1. The Hall–Kier alpha value is -1.84. The second-order valence-corrected chi connectivity index (χ2v) is 5.83. The molecular formula is C16H19NO3. The number of carboxylic acid groups (broad SMARTS) is 1. The molecular weight excluding hydrogens is 254 g/mol. The first-order valence-electron chi connectivity index (χ1n) is 7.24. The van der Waals surface area contributed by atoms with Crippen LogP contribution in [0.25, 0.3) is 0 Å². The largest absolute Gasteiger partial charge is 0.481 e. The smallest absolute Gasteiger partial charge is 0.308 e. The number of piperidine rings is 1. The van der Waals surface area contributed by atoms with E-state index in [4.69, 9.17) is 0 Å². The molecule has 0 radical (unpaired) electrons. The molecule has 1 aliphatic carbocycles. The van der Waals surface area contributed by atoms with Crippen molar-refractivity contribution in [3.05, 3.63) is 35.9 Å². The van der Waals surface area contributed by atoms with E-state index in [1.807, 2.05) is 35.2 Å². The number of carbonyl (C=O) groups excluding carboxylic acids is 1. The maximum atomic E-state index is 12.2. The van der Waals surface area contributed by atoms with Gasteiger partial charge in [-0.05, 0) is 30.7 Å². The van der Waals surface area contributed by atoms with Gasteiger partial charge in [0.1, 0.15) is 0 Å². The number of carbonyl (C=O) groups is 2. The summed E-state index contributed by atoms with van der Waals surface area (Å²) in [5.41, 5.74) is 0.939. The van der Waals surface area contributed by atoms with Crippen molar-refractivity contribution in [1.82, 2.24) is 4.90 Å². The summed E-state index contributed by atoms with van der Waals surface area (Å²) in [5, 5.41) is 9.49. The third kappa shape index (κ3) is 2.55. The quantitative estimate of drug-likeness (QED) is 0.916. The highest BCUT2D eigenvalue weighted by Gasteiger charge is 2.42. The Morgan fingerprint density at radius 3 is 2.50 bits per heavy atom. The number of carboxylic acids is 1. The fourth-order valence-electron chi connectivity index (χ4n) is 3.07. The fourth-order valence-corrected chi connectivity index (χ4v) is 3.07. The van der Waals surface area contributed by atoms with E-state index in [0.717, 1.165) is 18.4 Å². The van der Waals surface area contributed by atoms with Crippen LogP contribution in [-0.4, -0.2) is 28.4 Å². The van der Waals surface area contributed by atoms with Crippen molar-refractivity contribution in [2.75, 3.05) is 6.54 Å². The topological polar surface area (TPSA) is 57.6 Å². The average molecular weight is 273 g/mol. The average Bonchev–Trinajstić information content (AvgIpc) is 3.25. The minimum Gasteiger partial charge on any atom is -0.481 e. The molecule has 1 saturated carbocycles. The van der Waals surface area contributed by atoms with Gasteiger partial charge in [0.05, 0.1) is 12.0 Å². The molecule has 4 heteroatoms. The third-order valence-electron chi connectivity index (χ3n) is 4.32. The molecule has 1 aromatic carbocycles. The lowest BCUT2D eigenvalue weighted by molar-refractivity contribution is -0.152. The van der Waals surface area contributed by atoms with Crippen LogP contribution in [0.3, 0.4) is 0 Å². The molecule has 1 heterocycles. The number of nitrogens with zero attached hydrogens (tertiary/aromatic N) is 1. The van der Waals surface area contributed by atoms with Crippen LogP contribution in [0, 0.1) is 11.8 Å². The van der Waals surface area contributed by atoms with E-state index in [0.29, 0.717) is 25.3 Å². The van der Waals surface area contributed by atoms with Gasteiger partial charge in [-0.2, -0.15) is 0 Å². The van der Waals surface area contributed by atoms with Crippen molar-refractivity contribution in [3.8, 4) is 0 Å². The minimum absolute atomic E-state index is 0.100. The van der Waals surface area contributed by atoms with E-state index in [-0.39, 0.29) is 11.9 Å². The van der Waals surface area contributed by atoms with Crippen LogP contribution in [-0.2, 0) is 9.59 Å². The summed E-state index contributed by atoms with van der Waals surface area (Å²) < 4.78 is 0. The Kier molecular flexibility index (Phi) is 3.47. The zero-order valence-electron chi connectivity index (χ0n) is 11.4. The van der Waals surface area contributed by atoms with Crippen molar-refractivity contribution in [2.45, 2.75) is 31.7 Å². The summed E-state index contributed by atoms with van der Waals surface area (Å²) in [6.45, 7) is 0.710. The Bertz CT molecular complexity index is 510. The molecule has 0 unspecified atom stereocenters. The van der Waals surface area contributed by atoms with Crippen LogP contribution < -0.4 is 0 Å². The lowest BCUT2D eigenvalue weighted by Gasteiger charge is -2.40. The van der Waals surface area contributed by atoms with Gasteiger partial charge in [0, 0.05) is 13.0 Å². The van der Waals surface area contributed by atoms with Gasteiger partial charge in [-0.3, -0.25) is 9.59 Å². The van der Waals surface area contributed by atoms with Crippen molar-refractivity contribution in [1.29, 1.82) is 0 Å². The highest BCUT2D eigenvalue weighted by Crippen LogP contribution is 2.40. The van der Waals surface area contributed by atoms with Gasteiger partial charge in [0.25, 0.3) is 0 Å². The molecule has 1 N–H and O–H groups in total. The van der Waals surface area contributed by atoms with Crippen LogP contribution in [0.4, 0.5) is 0 Å². The van der Waals surface area contributed by atoms with Gasteiger partial charge >= 0.3 is 5.97 Å². The van der Waals surface area contributed by atoms with Gasteiger partial charge in [0.2, 0.25) is 5.91 Å². The second kappa shape index (κ2) is 5.27. The fraction of sp³-hybridized carbons (Fsp3) is 0.500. The van der Waals surface area contributed by atoms with E-state index >= 15 is 0 Å². The van der Waals surface area contributed by atoms with Crippen LogP contribution in [0.5, 0.6) is 0 Å². The van der Waals surface area contributed by atoms with E-state index in [1.165, 1.54) is 0 Å². The highest BCUT2D eigenvalue weighted by molar-refractivity contribution is 5.81. The molecule has 1 amide bonds. The maximum Gasteiger partial charge on any atom is 0.308 e. The van der Waals surface area contributed by atoms with E-state index in [2.05, 4.69) is 0 Å². The van der Waals surface area contributed by atoms with Crippen molar-refractivity contribution < 1.29 is 14.7 Å². The zero-order chi connectivity index (χ0) is 14.1. The lowest BCUT2D eigenvalue weighted by Crippen LogP contribution is -2.46. The first kappa shape index (κ1) is 13.2. The van der Waals surface area contributed by atoms with Crippen molar-refractivity contribution in [3.63, 3.8) is 0 Å². The molecule has 4 nitrogen and oxygen atoms in total. The standard InChI is InChI=1S/C16H19NO3/c18-14-9-8-13(16(19)20)15(12-4-2-1-3-5-12)17(14)10-11-6-7-11/h1-5,11,13,15H,6-10H2,(H,19,20)/t13-,15-/m0/s1. The van der Waals surface area contributed by atoms with Crippen LogP contribution in [0.2, 0.25) is 0 Å². The lowest BCUT2D eigenvalue weighted by atomic mass is 9.84. The molecule has 20 heavy (non-hydrogen) atoms. The normalized spacial score (nSPS) is 26.6. The Morgan fingerprint density at radius 1 is 1.20 bits per heavy atom. The third-order valence-corrected chi connectivity index (χ3v) is 4.32. The molecule has 0 spiro atoms.